The number of hydrogen-bond acceptors (Lipinski definition) is 6. The summed E-state index contributed by atoms with van der Waals surface area (Å²) in [6.45, 7) is 3.81. The van der Waals surface area contributed by atoms with E-state index in [0.29, 0.717) is 71.2 Å². The Morgan fingerprint density at radius 1 is 0.677 bits per heavy atom. The Morgan fingerprint density at radius 3 is 1.85 bits per heavy atom. The van der Waals surface area contributed by atoms with Gasteiger partial charge in [0.15, 0.2) is 17.0 Å². The number of rotatable bonds is 10. The summed E-state index contributed by atoms with van der Waals surface area (Å²) in [5.74, 6) is -0.745. The Morgan fingerprint density at radius 2 is 1.24 bits per heavy atom. The maximum atomic E-state index is 14.1. The first-order valence-electron chi connectivity index (χ1n) is 19.8. The fourth-order valence-electron chi connectivity index (χ4n) is 7.42. The summed E-state index contributed by atoms with van der Waals surface area (Å²) >= 11 is 20.6. The van der Waals surface area contributed by atoms with Crippen LogP contribution in [-0.2, 0) is 12.4 Å². The predicted molar refractivity (Wildman–Crippen MR) is 237 cm³/mol. The van der Waals surface area contributed by atoms with Crippen LogP contribution in [0, 0.1) is 31.3 Å². The van der Waals surface area contributed by atoms with Gasteiger partial charge in [-0.25, -0.2) is 41.5 Å². The van der Waals surface area contributed by atoms with E-state index < -0.39 is 11.6 Å². The molecule has 4 aromatic heterocycles. The van der Waals surface area contributed by atoms with Gasteiger partial charge in [-0.3, -0.25) is 9.59 Å². The van der Waals surface area contributed by atoms with Gasteiger partial charge >= 0.3 is 0 Å². The maximum absolute atomic E-state index is 14.1. The topological polar surface area (TPSA) is 87.8 Å². The van der Waals surface area contributed by atoms with Gasteiger partial charge in [-0.05, 0) is 86.6 Å². The molecule has 0 spiro atoms. The van der Waals surface area contributed by atoms with E-state index in [2.05, 4.69) is 9.97 Å². The van der Waals surface area contributed by atoms with Crippen LogP contribution in [0.25, 0.3) is 33.5 Å². The molecule has 62 heavy (non-hydrogen) atoms. The lowest BCUT2D eigenvalue weighted by atomic mass is 10.0. The van der Waals surface area contributed by atoms with Crippen molar-refractivity contribution in [3.8, 4) is 28.0 Å². The SMILES string of the molecule is Cc1ccc(COc2cnc3c(-c4c(Cl)cccc4Cl)c(=O)n(C4CC4)n3c2)c(F)c1.Cc1cccc(Cl)c1-c1c(=O)n(C2CC2)n2cc(SCc3ccc(F)cc3F)cnc12. The van der Waals surface area contributed by atoms with Gasteiger partial charge in [0.25, 0.3) is 11.1 Å². The molecule has 0 saturated heterocycles. The Bertz CT molecular complexity index is 2930. The van der Waals surface area contributed by atoms with Crippen LogP contribution < -0.4 is 15.9 Å². The number of nitrogens with zero attached hydrogens (tertiary/aromatic N) is 6. The van der Waals surface area contributed by atoms with Gasteiger partial charge in [-0.2, -0.15) is 0 Å². The lowest BCUT2D eigenvalue weighted by molar-refractivity contribution is 0.295. The van der Waals surface area contributed by atoms with E-state index in [1.54, 1.807) is 61.1 Å². The molecular weight excluding hydrogens is 880 g/mol. The molecule has 4 heterocycles. The average Bonchev–Trinajstić information content (AvgIpc) is 4.18. The Balaban J connectivity index is 0.000000158. The van der Waals surface area contributed by atoms with Gasteiger partial charge < -0.3 is 4.74 Å². The summed E-state index contributed by atoms with van der Waals surface area (Å²) in [6, 6.07) is 19.5. The van der Waals surface area contributed by atoms with E-state index in [1.807, 2.05) is 38.2 Å². The van der Waals surface area contributed by atoms with Gasteiger partial charge in [-0.1, -0.05) is 71.2 Å². The standard InChI is InChI=1S/C23H18Cl2FN3O2.C23H18ClF2N3OS/c1-13-5-6-14(19(26)9-13)12-31-16-10-27-22-21(20-17(24)3-2-4-18(20)25)23(30)29(15-7-8-15)28(22)11-16;1-13-3-2-4-18(24)20(13)21-22-27-10-17(11-28(22)29(23(21)30)16-7-8-16)31-12-14-5-6-15(25)9-19(14)26/h2-6,9-11,15H,7-8,12H2,1H3;2-6,9-11,16H,7-8,12H2,1H3. The summed E-state index contributed by atoms with van der Waals surface area (Å²) in [5, 5.41) is 1.29. The number of hydrogen-bond donors (Lipinski definition) is 0. The average molecular weight is 916 g/mol. The fourth-order valence-corrected chi connectivity index (χ4v) is 9.18. The second-order valence-electron chi connectivity index (χ2n) is 15.4. The van der Waals surface area contributed by atoms with Gasteiger partial charge in [0.2, 0.25) is 0 Å². The zero-order chi connectivity index (χ0) is 43.4. The van der Waals surface area contributed by atoms with E-state index in [9.17, 15) is 22.8 Å². The number of thioether (sulfide) groups is 1. The zero-order valence-corrected chi connectivity index (χ0v) is 36.3. The number of aromatic nitrogens is 6. The lowest BCUT2D eigenvalue weighted by Crippen LogP contribution is -2.19. The Kier molecular flexibility index (Phi) is 11.5. The van der Waals surface area contributed by atoms with Crippen molar-refractivity contribution in [2.24, 2.45) is 0 Å². The van der Waals surface area contributed by atoms with Crippen LogP contribution in [0.4, 0.5) is 13.2 Å². The molecule has 0 aliphatic heterocycles. The van der Waals surface area contributed by atoms with Crippen LogP contribution in [0.1, 0.15) is 60.0 Å². The van der Waals surface area contributed by atoms with Gasteiger partial charge in [0.1, 0.15) is 24.1 Å². The van der Waals surface area contributed by atoms with Crippen molar-refractivity contribution >= 4 is 57.9 Å². The molecule has 0 bridgehead atoms. The molecule has 2 aliphatic carbocycles. The number of ether oxygens (including phenoxy) is 1. The van der Waals surface area contributed by atoms with E-state index in [-0.39, 0.29) is 35.6 Å². The minimum atomic E-state index is -0.600. The highest BCUT2D eigenvalue weighted by molar-refractivity contribution is 7.98. The van der Waals surface area contributed by atoms with Crippen LogP contribution in [0.3, 0.4) is 0 Å². The van der Waals surface area contributed by atoms with Crippen LogP contribution in [0.15, 0.2) is 112 Å². The highest BCUT2D eigenvalue weighted by Crippen LogP contribution is 2.40. The third-order valence-corrected chi connectivity index (χ3v) is 12.7. The largest absolute Gasteiger partial charge is 0.486 e. The molecule has 2 fully saturated rings. The molecule has 0 amide bonds. The molecule has 10 rings (SSSR count). The van der Waals surface area contributed by atoms with Crippen molar-refractivity contribution in [2.45, 2.75) is 68.9 Å². The molecule has 316 valence electrons. The van der Waals surface area contributed by atoms with Crippen LogP contribution in [-0.4, -0.2) is 28.4 Å². The normalized spacial score (nSPS) is 13.7. The molecule has 0 N–H and O–H groups in total. The van der Waals surface area contributed by atoms with Crippen molar-refractivity contribution in [2.75, 3.05) is 0 Å². The lowest BCUT2D eigenvalue weighted by Gasteiger charge is -2.10. The summed E-state index contributed by atoms with van der Waals surface area (Å²) in [7, 11) is 0. The molecule has 8 aromatic rings. The number of halogens is 6. The molecule has 0 unspecified atom stereocenters. The molecule has 16 heteroatoms. The highest BCUT2D eigenvalue weighted by atomic mass is 35.5. The van der Waals surface area contributed by atoms with E-state index in [1.165, 1.54) is 36.2 Å². The third-order valence-electron chi connectivity index (χ3n) is 10.8. The highest BCUT2D eigenvalue weighted by Gasteiger charge is 2.33. The first kappa shape index (κ1) is 41.9. The van der Waals surface area contributed by atoms with Crippen LogP contribution >= 0.6 is 46.6 Å². The van der Waals surface area contributed by atoms with E-state index in [4.69, 9.17) is 39.5 Å². The van der Waals surface area contributed by atoms with Gasteiger partial charge in [-0.15, -0.1) is 11.8 Å². The summed E-state index contributed by atoms with van der Waals surface area (Å²) in [4.78, 5) is 36.6. The smallest absolute Gasteiger partial charge is 0.277 e. The van der Waals surface area contributed by atoms with Crippen molar-refractivity contribution in [3.05, 3.63) is 173 Å². The van der Waals surface area contributed by atoms with Crippen molar-refractivity contribution < 1.29 is 17.9 Å². The fraction of sp³-hybridized carbons (Fsp3) is 0.217. The van der Waals surface area contributed by atoms with Crippen LogP contribution in [0.5, 0.6) is 5.75 Å². The second kappa shape index (κ2) is 17.0. The predicted octanol–water partition coefficient (Wildman–Crippen LogP) is 11.9. The molecule has 0 atom stereocenters. The van der Waals surface area contributed by atoms with Gasteiger partial charge in [0, 0.05) is 50.8 Å². The summed E-state index contributed by atoms with van der Waals surface area (Å²) in [5.41, 5.74) is 5.31. The van der Waals surface area contributed by atoms with E-state index in [0.717, 1.165) is 47.8 Å². The van der Waals surface area contributed by atoms with Crippen molar-refractivity contribution in [3.63, 3.8) is 0 Å². The third kappa shape index (κ3) is 8.14. The second-order valence-corrected chi connectivity index (χ2v) is 17.6. The molecule has 9 nitrogen and oxygen atoms in total. The Hall–Kier alpha value is -5.47. The van der Waals surface area contributed by atoms with Crippen LogP contribution in [0.2, 0.25) is 15.1 Å². The molecular formula is C46H36Cl3F3N6O3S. The van der Waals surface area contributed by atoms with Crippen molar-refractivity contribution in [1.29, 1.82) is 0 Å². The molecule has 4 aromatic carbocycles. The minimum absolute atomic E-state index is 0.0530. The zero-order valence-electron chi connectivity index (χ0n) is 33.2. The first-order valence-corrected chi connectivity index (χ1v) is 21.9. The monoisotopic (exact) mass is 914 g/mol. The van der Waals surface area contributed by atoms with Gasteiger partial charge in [0.05, 0.1) is 45.6 Å². The minimum Gasteiger partial charge on any atom is -0.486 e. The molecule has 2 aliphatic rings. The number of aryl methyl sites for hydroxylation is 2. The maximum Gasteiger partial charge on any atom is 0.277 e. The quantitative estimate of drug-likeness (QED) is 0.127. The number of fused-ring (bicyclic) bond motifs is 2. The number of benzene rings is 4. The Labute approximate surface area is 372 Å². The van der Waals surface area contributed by atoms with E-state index >= 15 is 0 Å². The first-order chi connectivity index (χ1) is 29.9. The summed E-state index contributed by atoms with van der Waals surface area (Å²) < 4.78 is 53.9. The molecule has 2 saturated carbocycles. The van der Waals surface area contributed by atoms with Crippen molar-refractivity contribution in [1.82, 2.24) is 28.4 Å². The molecule has 0 radical (unpaired) electrons. The summed E-state index contributed by atoms with van der Waals surface area (Å²) in [6.07, 6.45) is 10.4.